The van der Waals surface area contributed by atoms with Crippen molar-refractivity contribution in [3.05, 3.63) is 40.4 Å². The van der Waals surface area contributed by atoms with Gasteiger partial charge in [0.2, 0.25) is 0 Å². The quantitative estimate of drug-likeness (QED) is 0.757. The first kappa shape index (κ1) is 12.6. The summed E-state index contributed by atoms with van der Waals surface area (Å²) in [4.78, 5) is 20.8. The number of aromatic nitrogens is 3. The lowest BCUT2D eigenvalue weighted by molar-refractivity contribution is 0.0941. The molecule has 0 fully saturated rings. The van der Waals surface area contributed by atoms with Crippen LogP contribution in [0.25, 0.3) is 0 Å². The van der Waals surface area contributed by atoms with Crippen LogP contribution < -0.4 is 0 Å². The Morgan fingerprint density at radius 1 is 1.32 bits per heavy atom. The minimum absolute atomic E-state index is 0.225. The maximum absolute atomic E-state index is 12.5. The van der Waals surface area contributed by atoms with E-state index >= 15 is 0 Å². The number of halogens is 1. The van der Waals surface area contributed by atoms with Gasteiger partial charge in [0.05, 0.1) is 10.7 Å². The largest absolute Gasteiger partial charge is 0.742 e. The molecular formula is C13H11ClN3OS-. The Morgan fingerprint density at radius 3 is 2.84 bits per heavy atom. The van der Waals surface area contributed by atoms with Crippen LogP contribution in [0.2, 0.25) is 5.02 Å². The molecule has 2 heterocycles. The van der Waals surface area contributed by atoms with E-state index in [1.54, 1.807) is 12.1 Å². The maximum Gasteiger partial charge on any atom is 0.280 e. The Kier molecular flexibility index (Phi) is 3.24. The molecule has 0 aliphatic heterocycles. The Bertz CT molecular complexity index is 636. The molecule has 0 amide bonds. The molecule has 0 bridgehead atoms. The second kappa shape index (κ2) is 4.90. The van der Waals surface area contributed by atoms with Crippen LogP contribution >= 0.6 is 11.6 Å². The Morgan fingerprint density at radius 2 is 2.11 bits per heavy atom. The van der Waals surface area contributed by atoms with Gasteiger partial charge in [-0.3, -0.25) is 14.3 Å². The van der Waals surface area contributed by atoms with E-state index in [0.29, 0.717) is 15.9 Å². The Labute approximate surface area is 121 Å². The molecule has 4 nitrogen and oxygen atoms in total. The number of fused-ring (bicyclic) bond motifs is 1. The minimum atomic E-state index is -0.225. The average Bonchev–Trinajstić information content (AvgIpc) is 2.74. The lowest BCUT2D eigenvalue weighted by Crippen LogP contribution is -2.19. The van der Waals surface area contributed by atoms with Gasteiger partial charge in [-0.25, -0.2) is 4.98 Å². The van der Waals surface area contributed by atoms with Gasteiger partial charge < -0.3 is 12.6 Å². The molecule has 0 unspecified atom stereocenters. The molecule has 6 heteroatoms. The Balaban J connectivity index is 2.04. The second-order valence-electron chi connectivity index (χ2n) is 4.50. The molecule has 19 heavy (non-hydrogen) atoms. The zero-order chi connectivity index (χ0) is 13.4. The first-order chi connectivity index (χ1) is 9.16. The summed E-state index contributed by atoms with van der Waals surface area (Å²) in [5.41, 5.74) is 2.23. The van der Waals surface area contributed by atoms with Crippen LogP contribution in [0.1, 0.15) is 34.7 Å². The van der Waals surface area contributed by atoms with E-state index in [-0.39, 0.29) is 5.91 Å². The van der Waals surface area contributed by atoms with Gasteiger partial charge in [0.25, 0.3) is 5.91 Å². The number of carbonyl (C=O) groups is 1. The van der Waals surface area contributed by atoms with Crippen LogP contribution in [0, 0.1) is 0 Å². The van der Waals surface area contributed by atoms with Crippen LogP contribution in [0.4, 0.5) is 0 Å². The number of aryl methyl sites for hydroxylation is 1. The summed E-state index contributed by atoms with van der Waals surface area (Å²) in [6.45, 7) is 0. The molecule has 98 valence electrons. The third-order valence-corrected chi connectivity index (χ3v) is 3.75. The van der Waals surface area contributed by atoms with E-state index in [0.717, 1.165) is 37.1 Å². The predicted molar refractivity (Wildman–Crippen MR) is 73.5 cm³/mol. The van der Waals surface area contributed by atoms with Crippen LogP contribution in [0.3, 0.4) is 0 Å². The highest BCUT2D eigenvalue weighted by Gasteiger charge is 2.21. The summed E-state index contributed by atoms with van der Waals surface area (Å²) in [7, 11) is 0. The van der Waals surface area contributed by atoms with E-state index in [2.05, 4.69) is 9.97 Å². The molecule has 0 saturated heterocycles. The zero-order valence-corrected chi connectivity index (χ0v) is 11.7. The average molecular weight is 293 g/mol. The van der Waals surface area contributed by atoms with Crippen LogP contribution in [0.15, 0.2) is 23.5 Å². The van der Waals surface area contributed by atoms with E-state index in [1.165, 1.54) is 10.8 Å². The van der Waals surface area contributed by atoms with Crippen molar-refractivity contribution in [3.63, 3.8) is 0 Å². The van der Waals surface area contributed by atoms with Crippen molar-refractivity contribution in [2.45, 2.75) is 30.8 Å². The monoisotopic (exact) mass is 292 g/mol. The smallest absolute Gasteiger partial charge is 0.280 e. The molecular weight excluding hydrogens is 282 g/mol. The number of imidazole rings is 1. The third-order valence-electron chi connectivity index (χ3n) is 3.25. The van der Waals surface area contributed by atoms with Crippen molar-refractivity contribution < 1.29 is 4.79 Å². The molecule has 3 rings (SSSR count). The summed E-state index contributed by atoms with van der Waals surface area (Å²) in [6, 6.07) is 3.25. The first-order valence-corrected chi connectivity index (χ1v) is 6.89. The Hall–Kier alpha value is -1.46. The molecule has 0 radical (unpaired) electrons. The van der Waals surface area contributed by atoms with Gasteiger partial charge in [-0.1, -0.05) is 11.6 Å². The zero-order valence-electron chi connectivity index (χ0n) is 10.1. The van der Waals surface area contributed by atoms with Crippen molar-refractivity contribution in [2.75, 3.05) is 0 Å². The van der Waals surface area contributed by atoms with Crippen molar-refractivity contribution in [1.29, 1.82) is 0 Å². The fraction of sp³-hybridized carbons (Fsp3) is 0.308. The summed E-state index contributed by atoms with van der Waals surface area (Å²) < 4.78 is 1.51. The van der Waals surface area contributed by atoms with Gasteiger partial charge in [0.15, 0.2) is 0 Å². The summed E-state index contributed by atoms with van der Waals surface area (Å²) in [5, 5.41) is 0.830. The van der Waals surface area contributed by atoms with Crippen molar-refractivity contribution in [3.8, 4) is 0 Å². The molecule has 0 aromatic carbocycles. The summed E-state index contributed by atoms with van der Waals surface area (Å²) in [6.07, 6.45) is 5.37. The lowest BCUT2D eigenvalue weighted by Gasteiger charge is -2.15. The van der Waals surface area contributed by atoms with E-state index < -0.39 is 0 Å². The molecule has 0 atom stereocenters. The minimum Gasteiger partial charge on any atom is -0.742 e. The molecule has 0 spiro atoms. The second-order valence-corrected chi connectivity index (χ2v) is 5.30. The highest BCUT2D eigenvalue weighted by molar-refractivity contribution is 7.58. The van der Waals surface area contributed by atoms with E-state index in [1.807, 2.05) is 0 Å². The van der Waals surface area contributed by atoms with Crippen molar-refractivity contribution >= 4 is 30.1 Å². The van der Waals surface area contributed by atoms with Gasteiger partial charge in [-0.15, -0.1) is 0 Å². The van der Waals surface area contributed by atoms with Crippen LogP contribution in [-0.4, -0.2) is 20.4 Å². The molecule has 1 aliphatic rings. The normalized spacial score (nSPS) is 14.2. The predicted octanol–water partition coefficient (Wildman–Crippen LogP) is 2.40. The van der Waals surface area contributed by atoms with Gasteiger partial charge in [0.1, 0.15) is 5.69 Å². The maximum atomic E-state index is 12.5. The topological polar surface area (TPSA) is 47.8 Å². The number of hydrogen-bond acceptors (Lipinski definition) is 4. The highest BCUT2D eigenvalue weighted by Crippen LogP contribution is 2.23. The first-order valence-electron chi connectivity index (χ1n) is 6.10. The fourth-order valence-electron chi connectivity index (χ4n) is 2.34. The number of hydrogen-bond donors (Lipinski definition) is 0. The van der Waals surface area contributed by atoms with Crippen LogP contribution in [-0.2, 0) is 25.5 Å². The van der Waals surface area contributed by atoms with Crippen molar-refractivity contribution in [2.24, 2.45) is 0 Å². The van der Waals surface area contributed by atoms with Crippen molar-refractivity contribution in [1.82, 2.24) is 14.5 Å². The van der Waals surface area contributed by atoms with E-state index in [9.17, 15) is 4.79 Å². The summed E-state index contributed by atoms with van der Waals surface area (Å²) in [5.74, 6) is -0.225. The highest BCUT2D eigenvalue weighted by atomic mass is 35.5. The SMILES string of the molecule is O=C(c1ccc(Cl)cn1)n1c([S-])nc2c1CCCC2. The number of pyridine rings is 1. The lowest BCUT2D eigenvalue weighted by atomic mass is 10.0. The summed E-state index contributed by atoms with van der Waals surface area (Å²) >= 11 is 11.0. The molecule has 0 N–H and O–H groups in total. The van der Waals surface area contributed by atoms with Crippen LogP contribution in [0.5, 0.6) is 0 Å². The number of rotatable bonds is 1. The van der Waals surface area contributed by atoms with E-state index in [4.69, 9.17) is 24.2 Å². The molecule has 2 aromatic rings. The van der Waals surface area contributed by atoms with Gasteiger partial charge in [-0.2, -0.15) is 0 Å². The van der Waals surface area contributed by atoms with Gasteiger partial charge >= 0.3 is 0 Å². The van der Waals surface area contributed by atoms with Gasteiger partial charge in [0, 0.05) is 11.9 Å². The number of carbonyl (C=O) groups excluding carboxylic acids is 1. The van der Waals surface area contributed by atoms with Gasteiger partial charge in [-0.05, 0) is 43.0 Å². The number of nitrogens with zero attached hydrogens (tertiary/aromatic N) is 3. The molecule has 0 saturated carbocycles. The molecule has 2 aromatic heterocycles. The third kappa shape index (κ3) is 2.24. The molecule has 1 aliphatic carbocycles. The standard InChI is InChI=1S/C13H12ClN3OS/c14-8-5-6-10(15-7-8)12(18)17-11-4-2-1-3-9(11)16-13(17)19/h5-7H,1-4H2,(H,16,19)/p-1. The fourth-order valence-corrected chi connectivity index (χ4v) is 2.76.